The summed E-state index contributed by atoms with van der Waals surface area (Å²) in [7, 11) is -0.627. The van der Waals surface area contributed by atoms with Crippen molar-refractivity contribution >= 4 is 22.4 Å². The second-order valence-corrected chi connectivity index (χ2v) is 7.53. The maximum absolute atomic E-state index is 11.5. The normalized spacial score (nSPS) is 22.3. The number of hydrogen-bond donors (Lipinski definition) is 2. The number of anilines is 2. The molecule has 118 valence electrons. The third-order valence-electron chi connectivity index (χ3n) is 3.73. The van der Waals surface area contributed by atoms with Gasteiger partial charge in [-0.1, -0.05) is 20.8 Å². The quantitative estimate of drug-likeness (QED) is 0.845. The Morgan fingerprint density at radius 3 is 2.57 bits per heavy atom. The average molecular weight is 310 g/mol. The third-order valence-corrected chi connectivity index (χ3v) is 5.11. The van der Waals surface area contributed by atoms with Gasteiger partial charge in [-0.2, -0.15) is 0 Å². The van der Waals surface area contributed by atoms with Gasteiger partial charge in [-0.15, -0.1) is 0 Å². The molecule has 2 heterocycles. The zero-order valence-electron chi connectivity index (χ0n) is 13.2. The summed E-state index contributed by atoms with van der Waals surface area (Å²) in [6.45, 7) is 7.39. The zero-order chi connectivity index (χ0) is 15.2. The first-order valence-corrected chi connectivity index (χ1v) is 9.30. The van der Waals surface area contributed by atoms with Gasteiger partial charge < -0.3 is 10.6 Å². The standard InChI is InChI=1S/C15H26N4OS/c1-4-7-16-14-13(11(2)3)15(18-10-17-14)19-12-5-8-21(20)9-6-12/h10-12H,4-9H2,1-3H3,(H2,16,17,18,19). The fourth-order valence-corrected chi connectivity index (χ4v) is 3.87. The summed E-state index contributed by atoms with van der Waals surface area (Å²) in [5.74, 6) is 3.80. The van der Waals surface area contributed by atoms with Gasteiger partial charge in [0.1, 0.15) is 18.0 Å². The fraction of sp³-hybridized carbons (Fsp3) is 0.733. The Bertz CT molecular complexity index is 483. The zero-order valence-corrected chi connectivity index (χ0v) is 14.0. The van der Waals surface area contributed by atoms with Crippen molar-refractivity contribution in [1.82, 2.24) is 9.97 Å². The summed E-state index contributed by atoms with van der Waals surface area (Å²) < 4.78 is 11.5. The van der Waals surface area contributed by atoms with E-state index in [-0.39, 0.29) is 0 Å². The Morgan fingerprint density at radius 1 is 1.29 bits per heavy atom. The Balaban J connectivity index is 2.15. The molecule has 0 radical (unpaired) electrons. The Hall–Kier alpha value is -1.17. The largest absolute Gasteiger partial charge is 0.370 e. The minimum Gasteiger partial charge on any atom is -0.370 e. The molecule has 0 aromatic carbocycles. The highest BCUT2D eigenvalue weighted by atomic mass is 32.2. The highest BCUT2D eigenvalue weighted by molar-refractivity contribution is 7.85. The lowest BCUT2D eigenvalue weighted by atomic mass is 10.0. The predicted molar refractivity (Wildman–Crippen MR) is 89.4 cm³/mol. The molecule has 0 bridgehead atoms. The molecule has 1 aliphatic heterocycles. The first-order valence-electron chi connectivity index (χ1n) is 7.82. The molecule has 0 saturated carbocycles. The van der Waals surface area contributed by atoms with E-state index in [1.807, 2.05) is 0 Å². The molecule has 1 aromatic heterocycles. The van der Waals surface area contributed by atoms with Crippen molar-refractivity contribution in [3.05, 3.63) is 11.9 Å². The summed E-state index contributed by atoms with van der Waals surface area (Å²) in [4.78, 5) is 8.84. The number of hydrogen-bond acceptors (Lipinski definition) is 5. The molecule has 1 saturated heterocycles. The van der Waals surface area contributed by atoms with Crippen LogP contribution in [0.1, 0.15) is 51.5 Å². The maximum atomic E-state index is 11.5. The van der Waals surface area contributed by atoms with Crippen LogP contribution in [0.2, 0.25) is 0 Å². The van der Waals surface area contributed by atoms with Gasteiger partial charge in [0.25, 0.3) is 0 Å². The monoisotopic (exact) mass is 310 g/mol. The highest BCUT2D eigenvalue weighted by Gasteiger charge is 2.21. The van der Waals surface area contributed by atoms with Gasteiger partial charge in [0.2, 0.25) is 0 Å². The number of aromatic nitrogens is 2. The third kappa shape index (κ3) is 4.40. The van der Waals surface area contributed by atoms with Gasteiger partial charge in [0, 0.05) is 40.5 Å². The van der Waals surface area contributed by atoms with E-state index in [9.17, 15) is 4.21 Å². The van der Waals surface area contributed by atoms with Crippen LogP contribution in [0.15, 0.2) is 6.33 Å². The smallest absolute Gasteiger partial charge is 0.135 e. The minimum atomic E-state index is -0.627. The molecule has 0 amide bonds. The minimum absolute atomic E-state index is 0.353. The molecule has 0 atom stereocenters. The summed E-state index contributed by atoms with van der Waals surface area (Å²) >= 11 is 0. The van der Waals surface area contributed by atoms with Gasteiger partial charge in [0.15, 0.2) is 0 Å². The van der Waals surface area contributed by atoms with Gasteiger partial charge >= 0.3 is 0 Å². The molecule has 0 aliphatic carbocycles. The van der Waals surface area contributed by atoms with Crippen LogP contribution in [0.5, 0.6) is 0 Å². The first-order chi connectivity index (χ1) is 10.1. The maximum Gasteiger partial charge on any atom is 0.135 e. The second kappa shape index (κ2) is 7.73. The van der Waals surface area contributed by atoms with Crippen molar-refractivity contribution in [2.75, 3.05) is 28.7 Å². The molecule has 1 aromatic rings. The number of nitrogens with zero attached hydrogens (tertiary/aromatic N) is 2. The molecule has 2 rings (SSSR count). The Morgan fingerprint density at radius 2 is 1.95 bits per heavy atom. The van der Waals surface area contributed by atoms with Crippen LogP contribution < -0.4 is 10.6 Å². The van der Waals surface area contributed by atoms with E-state index in [2.05, 4.69) is 41.4 Å². The van der Waals surface area contributed by atoms with Crippen LogP contribution in [-0.4, -0.2) is 38.3 Å². The molecule has 5 nitrogen and oxygen atoms in total. The summed E-state index contributed by atoms with van der Waals surface area (Å²) in [5, 5.41) is 6.93. The van der Waals surface area contributed by atoms with Crippen LogP contribution in [0.25, 0.3) is 0 Å². The Labute approximate surface area is 129 Å². The van der Waals surface area contributed by atoms with Crippen LogP contribution in [0, 0.1) is 0 Å². The lowest BCUT2D eigenvalue weighted by Gasteiger charge is -2.25. The van der Waals surface area contributed by atoms with Gasteiger partial charge in [0.05, 0.1) is 0 Å². The highest BCUT2D eigenvalue weighted by Crippen LogP contribution is 2.29. The van der Waals surface area contributed by atoms with E-state index in [1.54, 1.807) is 6.33 Å². The van der Waals surface area contributed by atoms with Crippen molar-refractivity contribution in [1.29, 1.82) is 0 Å². The Kier molecular flexibility index (Phi) is 5.96. The molecule has 21 heavy (non-hydrogen) atoms. The topological polar surface area (TPSA) is 66.9 Å². The average Bonchev–Trinajstić information content (AvgIpc) is 2.47. The lowest BCUT2D eigenvalue weighted by molar-refractivity contribution is 0.621. The molecule has 1 aliphatic rings. The summed E-state index contributed by atoms with van der Waals surface area (Å²) in [6, 6.07) is 0.370. The molecular formula is C15H26N4OS. The number of nitrogens with one attached hydrogen (secondary N) is 2. The van der Waals surface area contributed by atoms with E-state index in [4.69, 9.17) is 0 Å². The molecule has 2 N–H and O–H groups in total. The van der Waals surface area contributed by atoms with E-state index in [0.717, 1.165) is 54.5 Å². The van der Waals surface area contributed by atoms with Crippen LogP contribution in [0.4, 0.5) is 11.6 Å². The fourth-order valence-electron chi connectivity index (χ4n) is 2.57. The van der Waals surface area contributed by atoms with Crippen molar-refractivity contribution in [3.8, 4) is 0 Å². The van der Waals surface area contributed by atoms with Crippen molar-refractivity contribution in [3.63, 3.8) is 0 Å². The molecular weight excluding hydrogens is 284 g/mol. The lowest BCUT2D eigenvalue weighted by Crippen LogP contribution is -2.30. The van der Waals surface area contributed by atoms with Gasteiger partial charge in [-0.05, 0) is 25.2 Å². The van der Waals surface area contributed by atoms with Crippen LogP contribution in [-0.2, 0) is 10.8 Å². The predicted octanol–water partition coefficient (Wildman–Crippen LogP) is 2.74. The first kappa shape index (κ1) is 16.2. The molecule has 0 unspecified atom stereocenters. The molecule has 0 spiro atoms. The second-order valence-electron chi connectivity index (χ2n) is 5.83. The van der Waals surface area contributed by atoms with E-state index in [1.165, 1.54) is 0 Å². The van der Waals surface area contributed by atoms with E-state index >= 15 is 0 Å². The number of rotatable bonds is 6. The van der Waals surface area contributed by atoms with Gasteiger partial charge in [-0.25, -0.2) is 9.97 Å². The van der Waals surface area contributed by atoms with E-state index < -0.39 is 10.8 Å². The molecule has 1 fully saturated rings. The SMILES string of the molecule is CCCNc1ncnc(NC2CCS(=O)CC2)c1C(C)C. The summed E-state index contributed by atoms with van der Waals surface area (Å²) in [6.07, 6.45) is 4.59. The molecule has 6 heteroatoms. The van der Waals surface area contributed by atoms with Crippen LogP contribution >= 0.6 is 0 Å². The van der Waals surface area contributed by atoms with Crippen molar-refractivity contribution in [2.45, 2.75) is 52.0 Å². The van der Waals surface area contributed by atoms with Gasteiger partial charge in [-0.3, -0.25) is 4.21 Å². The van der Waals surface area contributed by atoms with E-state index in [0.29, 0.717) is 12.0 Å². The van der Waals surface area contributed by atoms with Crippen LogP contribution in [0.3, 0.4) is 0 Å². The van der Waals surface area contributed by atoms with Crippen molar-refractivity contribution in [2.24, 2.45) is 0 Å². The summed E-state index contributed by atoms with van der Waals surface area (Å²) in [5.41, 5.74) is 1.15. The van der Waals surface area contributed by atoms with Crippen molar-refractivity contribution < 1.29 is 4.21 Å².